The Balaban J connectivity index is 1.49. The summed E-state index contributed by atoms with van der Waals surface area (Å²) in [4.78, 5) is 15.5. The van der Waals surface area contributed by atoms with E-state index in [0.29, 0.717) is 43.8 Å². The summed E-state index contributed by atoms with van der Waals surface area (Å²) in [5, 5.41) is 8.92. The van der Waals surface area contributed by atoms with Crippen molar-refractivity contribution in [3.8, 4) is 11.8 Å². The summed E-state index contributed by atoms with van der Waals surface area (Å²) in [5.41, 5.74) is 3.60. The van der Waals surface area contributed by atoms with E-state index in [4.69, 9.17) is 10.00 Å². The second kappa shape index (κ2) is 8.93. The predicted molar refractivity (Wildman–Crippen MR) is 121 cm³/mol. The second-order valence-corrected chi connectivity index (χ2v) is 10.3. The molecule has 0 radical (unpaired) electrons. The number of benzene rings is 2. The summed E-state index contributed by atoms with van der Waals surface area (Å²) in [7, 11) is -2.03. The molecule has 168 valence electrons. The number of fused-ring (bicyclic) bond motifs is 1. The third-order valence-corrected chi connectivity index (χ3v) is 8.38. The smallest absolute Gasteiger partial charge is 0.243 e. The summed E-state index contributed by atoms with van der Waals surface area (Å²) in [6.45, 7) is 3.29. The Morgan fingerprint density at radius 3 is 2.41 bits per heavy atom. The van der Waals surface area contributed by atoms with Crippen LogP contribution in [0, 0.1) is 24.2 Å². The van der Waals surface area contributed by atoms with Crippen LogP contribution in [0.15, 0.2) is 41.3 Å². The first-order valence-corrected chi connectivity index (χ1v) is 12.3. The van der Waals surface area contributed by atoms with E-state index >= 15 is 0 Å². The van der Waals surface area contributed by atoms with Gasteiger partial charge in [0.15, 0.2) is 0 Å². The van der Waals surface area contributed by atoms with Crippen LogP contribution in [0.1, 0.15) is 36.0 Å². The maximum atomic E-state index is 13.5. The largest absolute Gasteiger partial charge is 0.495 e. The highest BCUT2D eigenvalue weighted by atomic mass is 32.2. The first kappa shape index (κ1) is 22.3. The van der Waals surface area contributed by atoms with E-state index in [1.165, 1.54) is 28.6 Å². The van der Waals surface area contributed by atoms with Crippen LogP contribution >= 0.6 is 0 Å². The number of nitriles is 1. The summed E-state index contributed by atoms with van der Waals surface area (Å²) in [6, 6.07) is 11.9. The van der Waals surface area contributed by atoms with Crippen LogP contribution in [-0.4, -0.2) is 45.4 Å². The molecule has 2 aliphatic rings. The molecule has 1 amide bonds. The number of hydrogen-bond donors (Lipinski definition) is 0. The molecule has 2 aromatic carbocycles. The van der Waals surface area contributed by atoms with E-state index in [2.05, 4.69) is 6.92 Å². The molecule has 4 rings (SSSR count). The Bertz CT molecular complexity index is 1160. The lowest BCUT2D eigenvalue weighted by molar-refractivity contribution is -0.123. The molecule has 0 aliphatic carbocycles. The number of hydrogen-bond acceptors (Lipinski definition) is 5. The van der Waals surface area contributed by atoms with Gasteiger partial charge in [0.1, 0.15) is 5.75 Å². The van der Waals surface area contributed by atoms with Crippen LogP contribution in [0.4, 0.5) is 5.69 Å². The van der Waals surface area contributed by atoms with Crippen molar-refractivity contribution in [1.29, 1.82) is 5.26 Å². The number of carbonyl (C=O) groups excluding carboxylic acids is 1. The fourth-order valence-electron chi connectivity index (χ4n) is 4.65. The summed E-state index contributed by atoms with van der Waals surface area (Å²) < 4.78 is 33.0. The van der Waals surface area contributed by atoms with E-state index in [-0.39, 0.29) is 16.7 Å². The van der Waals surface area contributed by atoms with Crippen molar-refractivity contribution in [1.82, 2.24) is 4.31 Å². The standard InChI is InChI=1S/C24H27N3O4S/c1-17-5-10-22(31-2)23-21(17)4-3-13-27(23)24(28)19-11-14-26(15-12-19)32(29,30)20-8-6-18(16-25)7-9-20/h5-10,19H,3-4,11-15H2,1-2H3. The average molecular weight is 454 g/mol. The molecule has 0 bridgehead atoms. The number of piperidine rings is 1. The Hall–Kier alpha value is -2.89. The molecule has 1 fully saturated rings. The maximum Gasteiger partial charge on any atom is 0.243 e. The van der Waals surface area contributed by atoms with Gasteiger partial charge < -0.3 is 9.64 Å². The fourth-order valence-corrected chi connectivity index (χ4v) is 6.12. The Morgan fingerprint density at radius 1 is 1.09 bits per heavy atom. The molecule has 1 saturated heterocycles. The highest BCUT2D eigenvalue weighted by Crippen LogP contribution is 2.39. The predicted octanol–water partition coefficient (Wildman–Crippen LogP) is 3.26. The van der Waals surface area contributed by atoms with Crippen LogP contribution in [0.2, 0.25) is 0 Å². The monoisotopic (exact) mass is 453 g/mol. The van der Waals surface area contributed by atoms with Crippen molar-refractivity contribution >= 4 is 21.6 Å². The van der Waals surface area contributed by atoms with Crippen LogP contribution < -0.4 is 9.64 Å². The van der Waals surface area contributed by atoms with Crippen molar-refractivity contribution in [2.45, 2.75) is 37.5 Å². The van der Waals surface area contributed by atoms with Crippen LogP contribution in [-0.2, 0) is 21.2 Å². The molecule has 8 heteroatoms. The van der Waals surface area contributed by atoms with Gasteiger partial charge in [-0.25, -0.2) is 8.42 Å². The molecule has 0 atom stereocenters. The molecule has 0 spiro atoms. The van der Waals surface area contributed by atoms with Crippen molar-refractivity contribution in [2.75, 3.05) is 31.6 Å². The Morgan fingerprint density at radius 2 is 1.78 bits per heavy atom. The van der Waals surface area contributed by atoms with Gasteiger partial charge in [0.2, 0.25) is 15.9 Å². The summed E-state index contributed by atoms with van der Waals surface area (Å²) >= 11 is 0. The van der Waals surface area contributed by atoms with Gasteiger partial charge in [-0.2, -0.15) is 9.57 Å². The molecule has 32 heavy (non-hydrogen) atoms. The highest BCUT2D eigenvalue weighted by molar-refractivity contribution is 7.89. The van der Waals surface area contributed by atoms with Crippen molar-refractivity contribution < 1.29 is 17.9 Å². The summed E-state index contributed by atoms with van der Waals surface area (Å²) in [6.07, 6.45) is 2.78. The van der Waals surface area contributed by atoms with Gasteiger partial charge in [-0.3, -0.25) is 4.79 Å². The number of methoxy groups -OCH3 is 1. The van der Waals surface area contributed by atoms with Gasteiger partial charge in [-0.15, -0.1) is 0 Å². The van der Waals surface area contributed by atoms with Gasteiger partial charge in [0.05, 0.1) is 29.3 Å². The molecule has 0 unspecified atom stereocenters. The minimum atomic E-state index is -3.65. The SMILES string of the molecule is COc1ccc(C)c2c1N(C(=O)C1CCN(S(=O)(=O)c3ccc(C#N)cc3)CC1)CCC2. The quantitative estimate of drug-likeness (QED) is 0.709. The average Bonchev–Trinajstić information content (AvgIpc) is 2.84. The minimum Gasteiger partial charge on any atom is -0.495 e. The molecule has 0 aromatic heterocycles. The topological polar surface area (TPSA) is 90.7 Å². The molecule has 2 aliphatic heterocycles. The zero-order valence-corrected chi connectivity index (χ0v) is 19.2. The first-order chi connectivity index (χ1) is 15.4. The van der Waals surface area contributed by atoms with Gasteiger partial charge >= 0.3 is 0 Å². The third-order valence-electron chi connectivity index (χ3n) is 6.47. The van der Waals surface area contributed by atoms with Crippen molar-refractivity contribution in [3.63, 3.8) is 0 Å². The van der Waals surface area contributed by atoms with Crippen molar-refractivity contribution in [3.05, 3.63) is 53.1 Å². The van der Waals surface area contributed by atoms with Gasteiger partial charge in [-0.1, -0.05) is 6.07 Å². The number of aryl methyl sites for hydroxylation is 1. The lowest BCUT2D eigenvalue weighted by atomic mass is 9.92. The van der Waals surface area contributed by atoms with Crippen molar-refractivity contribution in [2.24, 2.45) is 5.92 Å². The Kier molecular flexibility index (Phi) is 6.22. The number of rotatable bonds is 4. The number of sulfonamides is 1. The van der Waals surface area contributed by atoms with E-state index in [0.717, 1.165) is 29.7 Å². The molecule has 2 heterocycles. The minimum absolute atomic E-state index is 0.0465. The van der Waals surface area contributed by atoms with Crippen LogP contribution in [0.5, 0.6) is 5.75 Å². The number of amides is 1. The zero-order valence-electron chi connectivity index (χ0n) is 18.4. The van der Waals surface area contributed by atoms with E-state index < -0.39 is 10.0 Å². The number of carbonyl (C=O) groups is 1. The lowest BCUT2D eigenvalue weighted by Crippen LogP contribution is -2.46. The van der Waals surface area contributed by atoms with Gasteiger partial charge in [0, 0.05) is 25.6 Å². The van der Waals surface area contributed by atoms with E-state index in [1.807, 2.05) is 23.1 Å². The maximum absolute atomic E-state index is 13.5. The molecule has 2 aromatic rings. The Labute approximate surface area is 189 Å². The molecule has 7 nitrogen and oxygen atoms in total. The second-order valence-electron chi connectivity index (χ2n) is 8.32. The molecule has 0 saturated carbocycles. The van der Waals surface area contributed by atoms with E-state index in [1.54, 1.807) is 7.11 Å². The number of anilines is 1. The highest BCUT2D eigenvalue weighted by Gasteiger charge is 2.36. The van der Waals surface area contributed by atoms with E-state index in [9.17, 15) is 13.2 Å². The van der Waals surface area contributed by atoms with Crippen LogP contribution in [0.3, 0.4) is 0 Å². The molecular formula is C24H27N3O4S. The zero-order chi connectivity index (χ0) is 22.9. The summed E-state index contributed by atoms with van der Waals surface area (Å²) in [5.74, 6) is 0.531. The number of nitrogens with zero attached hydrogens (tertiary/aromatic N) is 3. The lowest BCUT2D eigenvalue weighted by Gasteiger charge is -2.37. The first-order valence-electron chi connectivity index (χ1n) is 10.8. The molecule has 0 N–H and O–H groups in total. The number of ether oxygens (including phenoxy) is 1. The normalized spacial score (nSPS) is 17.5. The van der Waals surface area contributed by atoms with Gasteiger partial charge in [0.25, 0.3) is 0 Å². The van der Waals surface area contributed by atoms with Crippen LogP contribution in [0.25, 0.3) is 0 Å². The van der Waals surface area contributed by atoms with Gasteiger partial charge in [-0.05, 0) is 74.1 Å². The fraction of sp³-hybridized carbons (Fsp3) is 0.417. The molecular weight excluding hydrogens is 426 g/mol. The third kappa shape index (κ3) is 3.98.